The van der Waals surface area contributed by atoms with E-state index < -0.39 is 11.4 Å². The highest BCUT2D eigenvalue weighted by atomic mass is 16.5. The van der Waals surface area contributed by atoms with Gasteiger partial charge in [-0.15, -0.1) is 0 Å². The predicted molar refractivity (Wildman–Crippen MR) is 52.7 cm³/mol. The first-order chi connectivity index (χ1) is 6.49. The Kier molecular flexibility index (Phi) is 5.42. The molecule has 0 saturated heterocycles. The molecular weight excluding hydrogens is 184 g/mol. The normalized spacial score (nSPS) is 12.8. The van der Waals surface area contributed by atoms with E-state index in [1.54, 1.807) is 26.8 Å². The summed E-state index contributed by atoms with van der Waals surface area (Å²) in [5.74, 6) is -0.416. The van der Waals surface area contributed by atoms with Gasteiger partial charge in [-0.25, -0.2) is 4.79 Å². The molecule has 2 N–H and O–H groups in total. The van der Waals surface area contributed by atoms with Crippen molar-refractivity contribution in [2.45, 2.75) is 20.8 Å². The molecule has 4 nitrogen and oxygen atoms in total. The Balaban J connectivity index is 4.11. The van der Waals surface area contributed by atoms with E-state index >= 15 is 0 Å². The maximum Gasteiger partial charge on any atom is 0.333 e. The van der Waals surface area contributed by atoms with Gasteiger partial charge in [-0.1, -0.05) is 13.0 Å². The second-order valence-corrected chi connectivity index (χ2v) is 3.67. The van der Waals surface area contributed by atoms with Gasteiger partial charge in [0.05, 0.1) is 13.2 Å². The van der Waals surface area contributed by atoms with Crippen LogP contribution < -0.4 is 0 Å². The van der Waals surface area contributed by atoms with Gasteiger partial charge >= 0.3 is 5.97 Å². The predicted octanol–water partition coefficient (Wildman–Crippen LogP) is 0.487. The smallest absolute Gasteiger partial charge is 0.333 e. The molecule has 4 heteroatoms. The summed E-state index contributed by atoms with van der Waals surface area (Å²) in [5.41, 5.74) is -0.243. The largest absolute Gasteiger partial charge is 0.462 e. The molecule has 0 aromatic rings. The highest BCUT2D eigenvalue weighted by Gasteiger charge is 2.24. The van der Waals surface area contributed by atoms with Gasteiger partial charge in [-0.3, -0.25) is 0 Å². The van der Waals surface area contributed by atoms with Gasteiger partial charge < -0.3 is 14.9 Å². The molecule has 0 unspecified atom stereocenters. The molecule has 0 aliphatic carbocycles. The van der Waals surface area contributed by atoms with Gasteiger partial charge in [0.15, 0.2) is 0 Å². The molecular formula is C10H18O4. The Labute approximate surface area is 84.2 Å². The Morgan fingerprint density at radius 1 is 1.43 bits per heavy atom. The van der Waals surface area contributed by atoms with Crippen LogP contribution in [0.2, 0.25) is 0 Å². The lowest BCUT2D eigenvalue weighted by Gasteiger charge is -2.23. The van der Waals surface area contributed by atoms with Crippen LogP contribution in [0.25, 0.3) is 0 Å². The molecule has 0 heterocycles. The van der Waals surface area contributed by atoms with Crippen molar-refractivity contribution in [3.05, 3.63) is 11.6 Å². The summed E-state index contributed by atoms with van der Waals surface area (Å²) in [4.78, 5) is 11.2. The van der Waals surface area contributed by atoms with Gasteiger partial charge in [0, 0.05) is 11.0 Å². The molecule has 0 bridgehead atoms. The van der Waals surface area contributed by atoms with Crippen molar-refractivity contribution in [1.82, 2.24) is 0 Å². The number of carbonyl (C=O) groups is 1. The van der Waals surface area contributed by atoms with Crippen molar-refractivity contribution in [2.75, 3.05) is 19.8 Å². The monoisotopic (exact) mass is 202 g/mol. The minimum absolute atomic E-state index is 0.0179. The first kappa shape index (κ1) is 13.1. The van der Waals surface area contributed by atoms with E-state index in [-0.39, 0.29) is 19.8 Å². The van der Waals surface area contributed by atoms with Crippen LogP contribution >= 0.6 is 0 Å². The van der Waals surface area contributed by atoms with Crippen molar-refractivity contribution >= 4 is 5.97 Å². The SMILES string of the molecule is CC=C(C)C(=O)OCC(C)(CO)CO. The minimum atomic E-state index is -0.760. The summed E-state index contributed by atoms with van der Waals surface area (Å²) in [6, 6.07) is 0. The summed E-state index contributed by atoms with van der Waals surface area (Å²) < 4.78 is 4.91. The molecule has 0 aliphatic heterocycles. The molecule has 0 atom stereocenters. The third-order valence-electron chi connectivity index (χ3n) is 2.07. The third kappa shape index (κ3) is 3.89. The number of hydrogen-bond acceptors (Lipinski definition) is 4. The van der Waals surface area contributed by atoms with E-state index in [4.69, 9.17) is 14.9 Å². The van der Waals surface area contributed by atoms with Crippen LogP contribution in [-0.2, 0) is 9.53 Å². The van der Waals surface area contributed by atoms with Crippen molar-refractivity contribution in [2.24, 2.45) is 5.41 Å². The maximum absolute atomic E-state index is 11.2. The van der Waals surface area contributed by atoms with Crippen molar-refractivity contribution in [3.63, 3.8) is 0 Å². The Morgan fingerprint density at radius 2 is 1.93 bits per heavy atom. The van der Waals surface area contributed by atoms with Gasteiger partial charge in [0.2, 0.25) is 0 Å². The fourth-order valence-electron chi connectivity index (χ4n) is 0.613. The lowest BCUT2D eigenvalue weighted by molar-refractivity contribution is -0.144. The molecule has 82 valence electrons. The van der Waals surface area contributed by atoms with E-state index in [2.05, 4.69) is 0 Å². The standard InChI is InChI=1S/C10H18O4/c1-4-8(2)9(13)14-7-10(3,5-11)6-12/h4,11-12H,5-7H2,1-3H3. The maximum atomic E-state index is 11.2. The quantitative estimate of drug-likeness (QED) is 0.503. The average Bonchev–Trinajstić information content (AvgIpc) is 2.24. The van der Waals surface area contributed by atoms with Crippen LogP contribution in [0.3, 0.4) is 0 Å². The second kappa shape index (κ2) is 5.78. The van der Waals surface area contributed by atoms with Crippen LogP contribution in [0.5, 0.6) is 0 Å². The van der Waals surface area contributed by atoms with Crippen molar-refractivity contribution in [1.29, 1.82) is 0 Å². The van der Waals surface area contributed by atoms with Gasteiger partial charge in [0.1, 0.15) is 6.61 Å². The lowest BCUT2D eigenvalue weighted by Crippen LogP contribution is -2.32. The average molecular weight is 202 g/mol. The summed E-state index contributed by atoms with van der Waals surface area (Å²) in [6.07, 6.45) is 1.65. The fraction of sp³-hybridized carbons (Fsp3) is 0.700. The van der Waals surface area contributed by atoms with Gasteiger partial charge in [-0.2, -0.15) is 0 Å². The van der Waals surface area contributed by atoms with Crippen LogP contribution in [-0.4, -0.2) is 36.0 Å². The van der Waals surface area contributed by atoms with Crippen LogP contribution in [0, 0.1) is 5.41 Å². The second-order valence-electron chi connectivity index (χ2n) is 3.67. The number of rotatable bonds is 5. The molecule has 0 aromatic carbocycles. The third-order valence-corrected chi connectivity index (χ3v) is 2.07. The number of aliphatic hydroxyl groups is 2. The van der Waals surface area contributed by atoms with E-state index in [0.29, 0.717) is 5.57 Å². The molecule has 0 spiro atoms. The molecule has 0 rings (SSSR count). The Hall–Kier alpha value is -0.870. The van der Waals surface area contributed by atoms with E-state index in [0.717, 1.165) is 0 Å². The first-order valence-corrected chi connectivity index (χ1v) is 4.51. The topological polar surface area (TPSA) is 66.8 Å². The molecule has 0 saturated carbocycles. The summed E-state index contributed by atoms with van der Waals surface area (Å²) in [5, 5.41) is 17.9. The lowest BCUT2D eigenvalue weighted by atomic mass is 9.94. The van der Waals surface area contributed by atoms with Gasteiger partial charge in [-0.05, 0) is 13.8 Å². The molecule has 0 fully saturated rings. The Morgan fingerprint density at radius 3 is 2.29 bits per heavy atom. The first-order valence-electron chi connectivity index (χ1n) is 4.51. The fourth-order valence-corrected chi connectivity index (χ4v) is 0.613. The minimum Gasteiger partial charge on any atom is -0.462 e. The molecule has 14 heavy (non-hydrogen) atoms. The molecule has 0 aliphatic rings. The zero-order valence-corrected chi connectivity index (χ0v) is 8.91. The highest BCUT2D eigenvalue weighted by Crippen LogP contribution is 2.15. The van der Waals surface area contributed by atoms with Crippen LogP contribution in [0.1, 0.15) is 20.8 Å². The molecule has 0 aromatic heterocycles. The summed E-state index contributed by atoms with van der Waals surface area (Å²) in [6.45, 7) is 4.62. The molecule has 0 amide bonds. The zero-order valence-electron chi connectivity index (χ0n) is 8.91. The van der Waals surface area contributed by atoms with Crippen molar-refractivity contribution in [3.8, 4) is 0 Å². The van der Waals surface area contributed by atoms with Gasteiger partial charge in [0.25, 0.3) is 0 Å². The van der Waals surface area contributed by atoms with E-state index in [9.17, 15) is 4.79 Å². The number of allylic oxidation sites excluding steroid dienone is 1. The van der Waals surface area contributed by atoms with Crippen molar-refractivity contribution < 1.29 is 19.7 Å². The number of hydrogen-bond donors (Lipinski definition) is 2. The van der Waals surface area contributed by atoms with Crippen LogP contribution in [0.4, 0.5) is 0 Å². The highest BCUT2D eigenvalue weighted by molar-refractivity contribution is 5.87. The Bertz CT molecular complexity index is 216. The number of aliphatic hydroxyl groups excluding tert-OH is 2. The number of carbonyl (C=O) groups excluding carboxylic acids is 1. The van der Waals surface area contributed by atoms with E-state index in [1.807, 2.05) is 0 Å². The summed E-state index contributed by atoms with van der Waals surface area (Å²) >= 11 is 0. The summed E-state index contributed by atoms with van der Waals surface area (Å²) in [7, 11) is 0. The van der Waals surface area contributed by atoms with Crippen LogP contribution in [0.15, 0.2) is 11.6 Å². The number of ether oxygens (including phenoxy) is 1. The molecule has 0 radical (unpaired) electrons. The number of esters is 1. The zero-order chi connectivity index (χ0) is 11.2. The van der Waals surface area contributed by atoms with E-state index in [1.165, 1.54) is 0 Å².